The number of aryl methyl sites for hydroxylation is 2. The van der Waals surface area contributed by atoms with Crippen molar-refractivity contribution in [2.45, 2.75) is 197 Å². The van der Waals surface area contributed by atoms with Crippen molar-refractivity contribution in [2.24, 2.45) is 52.8 Å². The molecule has 4 N–H and O–H groups in total. The molecule has 0 radical (unpaired) electrons. The zero-order valence-corrected chi connectivity index (χ0v) is 47.5. The van der Waals surface area contributed by atoms with Crippen molar-refractivity contribution in [2.75, 3.05) is 26.2 Å². The second-order valence-electron chi connectivity index (χ2n) is 25.7. The summed E-state index contributed by atoms with van der Waals surface area (Å²) in [4.78, 5) is 32.6. The van der Waals surface area contributed by atoms with Crippen molar-refractivity contribution in [3.63, 3.8) is 0 Å². The van der Waals surface area contributed by atoms with E-state index in [0.29, 0.717) is 24.2 Å². The number of aromatic nitrogens is 2. The van der Waals surface area contributed by atoms with E-state index >= 15 is 0 Å². The quantitative estimate of drug-likeness (QED) is 0.0415. The van der Waals surface area contributed by atoms with Crippen LogP contribution in [0.1, 0.15) is 195 Å². The monoisotopic (exact) mass is 1030 g/mol. The molecule has 8 fully saturated rings. The van der Waals surface area contributed by atoms with Crippen LogP contribution in [0.4, 0.5) is 0 Å². The smallest absolute Gasteiger partial charge is 0.303 e. The molecule has 8 aliphatic carbocycles. The minimum absolute atomic E-state index is 0. The Morgan fingerprint density at radius 3 is 1.66 bits per heavy atom. The molecule has 416 valence electrons. The first-order valence-electron chi connectivity index (χ1n) is 30.2. The van der Waals surface area contributed by atoms with E-state index in [1.54, 1.807) is 32.1 Å². The Kier molecular flexibility index (Phi) is 22.4. The molecule has 0 spiro atoms. The fraction of sp³-hybridized carbons (Fsp3) is 0.623. The summed E-state index contributed by atoms with van der Waals surface area (Å²) in [6.07, 6.45) is 42.3. The van der Waals surface area contributed by atoms with Gasteiger partial charge in [-0.05, 0) is 259 Å². The van der Waals surface area contributed by atoms with Gasteiger partial charge in [0.15, 0.2) is 0 Å². The van der Waals surface area contributed by atoms with E-state index in [2.05, 4.69) is 116 Å². The number of carboxylic acids is 1. The molecule has 7 heteroatoms. The average Bonchev–Trinajstić information content (AvgIpc) is 4.01. The third-order valence-electron chi connectivity index (χ3n) is 19.0. The second-order valence-corrected chi connectivity index (χ2v) is 25.7. The Labute approximate surface area is 460 Å². The highest BCUT2D eigenvalue weighted by molar-refractivity contribution is 5.85. The number of fused-ring (bicyclic) bond motifs is 2. The normalized spacial score (nSPS) is 25.8. The van der Waals surface area contributed by atoms with Gasteiger partial charge in [-0.15, -0.1) is 0 Å². The molecule has 0 aliphatic heterocycles. The van der Waals surface area contributed by atoms with E-state index < -0.39 is 5.97 Å². The Bertz CT molecular complexity index is 2510. The van der Waals surface area contributed by atoms with Crippen molar-refractivity contribution in [3.8, 4) is 0 Å². The van der Waals surface area contributed by atoms with Gasteiger partial charge in [-0.3, -0.25) is 9.59 Å². The molecule has 2 heterocycles. The van der Waals surface area contributed by atoms with E-state index in [-0.39, 0.29) is 13.8 Å². The number of rotatable bonds is 24. The predicted molar refractivity (Wildman–Crippen MR) is 322 cm³/mol. The first-order chi connectivity index (χ1) is 36.3. The average molecular weight is 1040 g/mol. The summed E-state index contributed by atoms with van der Waals surface area (Å²) in [6, 6.07) is 16.3. The predicted octanol–water partition coefficient (Wildman–Crippen LogP) is 17.6. The van der Waals surface area contributed by atoms with Crippen molar-refractivity contribution >= 4 is 33.7 Å². The third kappa shape index (κ3) is 17.2. The topological polar surface area (TPSA) is 101 Å². The number of carbonyl (C=O) groups is 2. The zero-order chi connectivity index (χ0) is 52.7. The SMILES string of the molecule is C.CC(C)=CCC/C(C)=C/CN(CCCC12CC3CC(CC(C3)C1)C2)C(=O)CCc1c[nH]c2ccccc12.CC(C)=CCC/C(C)=C/CNCCCC1C2CC3CC(C2)CC1C3.O=C(O)CCc1c[nH]c2ccccc12. The number of amides is 1. The van der Waals surface area contributed by atoms with Gasteiger partial charge in [0.1, 0.15) is 0 Å². The standard InChI is InChI=1S/C34H48N2O.C23H39N.C11H11NO2.CH4/c1-25(2)8-6-9-26(3)14-17-36(33(37)13-12-30-24-35-32-11-5-4-10-31(30)32)16-7-15-34-21-27-18-28(22-34)20-29(19-27)23-34;1-17(2)6-4-7-18(3)9-11-24-10-5-8-23-21-13-19-12-20(15-21)16-22(23)14-19;13-11(14)6-5-8-7-12-10-4-2-1-3-9(8)10;/h4-5,8,10-11,14,24,27-29,35H,6-7,9,12-13,15-23H2,1-3H3;6,9,19-24H,4-5,7-8,10-16H2,1-3H3;1-4,7,12H,5-6H2,(H,13,14);1H4/b26-14+;18-9+;;. The lowest BCUT2D eigenvalue weighted by Gasteiger charge is -2.57. The molecule has 7 nitrogen and oxygen atoms in total. The summed E-state index contributed by atoms with van der Waals surface area (Å²) in [5.41, 5.74) is 10.9. The number of benzene rings is 2. The number of carboxylic acid groups (broad SMARTS) is 1. The summed E-state index contributed by atoms with van der Waals surface area (Å²) >= 11 is 0. The number of hydrogen-bond acceptors (Lipinski definition) is 3. The molecule has 8 aliphatic rings. The molecule has 12 rings (SSSR count). The van der Waals surface area contributed by atoms with E-state index in [1.807, 2.05) is 30.5 Å². The number of aliphatic carboxylic acids is 1. The molecule has 0 unspecified atom stereocenters. The van der Waals surface area contributed by atoms with Crippen LogP contribution in [0.2, 0.25) is 0 Å². The summed E-state index contributed by atoms with van der Waals surface area (Å²) in [6.45, 7) is 17.1. The number of H-pyrrole nitrogens is 2. The molecule has 4 aromatic rings. The molecule has 2 aromatic heterocycles. The molecule has 8 bridgehead atoms. The van der Waals surface area contributed by atoms with Crippen LogP contribution in [0, 0.1) is 52.8 Å². The van der Waals surface area contributed by atoms with Crippen LogP contribution in [0.5, 0.6) is 0 Å². The lowest BCUT2D eigenvalue weighted by Crippen LogP contribution is -2.46. The van der Waals surface area contributed by atoms with Gasteiger partial charge in [0.2, 0.25) is 5.91 Å². The Balaban J connectivity index is 0.000000184. The van der Waals surface area contributed by atoms with Crippen molar-refractivity contribution in [3.05, 3.63) is 119 Å². The molecule has 1 amide bonds. The van der Waals surface area contributed by atoms with Crippen LogP contribution >= 0.6 is 0 Å². The Morgan fingerprint density at radius 2 is 1.13 bits per heavy atom. The summed E-state index contributed by atoms with van der Waals surface area (Å²) in [5.74, 6) is 8.13. The summed E-state index contributed by atoms with van der Waals surface area (Å²) < 4.78 is 0. The lowest BCUT2D eigenvalue weighted by molar-refractivity contribution is -0.137. The van der Waals surface area contributed by atoms with Gasteiger partial charge in [0.05, 0.1) is 0 Å². The van der Waals surface area contributed by atoms with Crippen molar-refractivity contribution in [1.29, 1.82) is 0 Å². The Morgan fingerprint density at radius 1 is 0.632 bits per heavy atom. The van der Waals surface area contributed by atoms with E-state index in [0.717, 1.165) is 115 Å². The maximum absolute atomic E-state index is 13.5. The minimum Gasteiger partial charge on any atom is -0.481 e. The van der Waals surface area contributed by atoms with E-state index in [4.69, 9.17) is 5.11 Å². The molecular formula is C69H102N4O3. The van der Waals surface area contributed by atoms with Crippen LogP contribution in [-0.4, -0.2) is 58.0 Å². The van der Waals surface area contributed by atoms with Gasteiger partial charge in [0.25, 0.3) is 0 Å². The molecule has 2 aromatic carbocycles. The maximum atomic E-state index is 13.5. The molecule has 76 heavy (non-hydrogen) atoms. The number of nitrogens with zero attached hydrogens (tertiary/aromatic N) is 1. The van der Waals surface area contributed by atoms with E-state index in [9.17, 15) is 9.59 Å². The third-order valence-corrected chi connectivity index (χ3v) is 19.0. The molecule has 8 saturated carbocycles. The van der Waals surface area contributed by atoms with Crippen molar-refractivity contribution < 1.29 is 14.7 Å². The largest absolute Gasteiger partial charge is 0.481 e. The van der Waals surface area contributed by atoms with Crippen LogP contribution < -0.4 is 5.32 Å². The number of aromatic amines is 2. The number of hydrogen-bond donors (Lipinski definition) is 4. The van der Waals surface area contributed by atoms with Gasteiger partial charge in [-0.2, -0.15) is 0 Å². The van der Waals surface area contributed by atoms with Gasteiger partial charge >= 0.3 is 5.97 Å². The maximum Gasteiger partial charge on any atom is 0.303 e. The molecular weight excluding hydrogens is 933 g/mol. The Hall–Kier alpha value is -4.62. The zero-order valence-electron chi connectivity index (χ0n) is 47.5. The summed E-state index contributed by atoms with van der Waals surface area (Å²) in [7, 11) is 0. The number of para-hydroxylation sites is 2. The first kappa shape index (κ1) is 59.0. The van der Waals surface area contributed by atoms with E-state index in [1.165, 1.54) is 110 Å². The molecule has 0 atom stereocenters. The van der Waals surface area contributed by atoms with Crippen LogP contribution in [-0.2, 0) is 22.4 Å². The highest BCUT2D eigenvalue weighted by Gasteiger charge is 2.50. The van der Waals surface area contributed by atoms with Gasteiger partial charge in [0, 0.05) is 66.7 Å². The van der Waals surface area contributed by atoms with Crippen LogP contribution in [0.15, 0.2) is 108 Å². The fourth-order valence-electron chi connectivity index (χ4n) is 15.8. The van der Waals surface area contributed by atoms with Gasteiger partial charge in [-0.1, -0.05) is 90.4 Å². The number of allylic oxidation sites excluding steroid dienone is 6. The second kappa shape index (κ2) is 28.8. The first-order valence-corrected chi connectivity index (χ1v) is 30.2. The highest BCUT2D eigenvalue weighted by atomic mass is 16.4. The van der Waals surface area contributed by atoms with Crippen LogP contribution in [0.3, 0.4) is 0 Å². The number of nitrogens with one attached hydrogen (secondary N) is 3. The van der Waals surface area contributed by atoms with Crippen molar-refractivity contribution in [1.82, 2.24) is 20.2 Å². The molecule has 0 saturated heterocycles. The lowest BCUT2D eigenvalue weighted by atomic mass is 9.48. The highest BCUT2D eigenvalue weighted by Crippen LogP contribution is 2.62. The van der Waals surface area contributed by atoms with Gasteiger partial charge < -0.3 is 25.3 Å². The van der Waals surface area contributed by atoms with Gasteiger partial charge in [-0.25, -0.2) is 0 Å². The number of carbonyl (C=O) groups excluding carboxylic acids is 1. The fourth-order valence-corrected chi connectivity index (χ4v) is 15.8. The minimum atomic E-state index is -0.754. The van der Waals surface area contributed by atoms with Crippen LogP contribution in [0.25, 0.3) is 21.8 Å². The summed E-state index contributed by atoms with van der Waals surface area (Å²) in [5, 5.41) is 14.6.